The predicted octanol–water partition coefficient (Wildman–Crippen LogP) is 1.89. The van der Waals surface area contributed by atoms with E-state index in [1.165, 1.54) is 0 Å². The van der Waals surface area contributed by atoms with Crippen LogP contribution >= 0.6 is 11.6 Å². The highest BCUT2D eigenvalue weighted by atomic mass is 35.5. The summed E-state index contributed by atoms with van der Waals surface area (Å²) in [6.07, 6.45) is 0. The first kappa shape index (κ1) is 10.5. The number of nitrogens with two attached hydrogens (primary N) is 1. The van der Waals surface area contributed by atoms with Gasteiger partial charge in [-0.2, -0.15) is 0 Å². The van der Waals surface area contributed by atoms with Crippen LogP contribution in [0.4, 0.5) is 0 Å². The molecule has 0 aliphatic heterocycles. The fraction of sp³-hybridized carbons (Fsp3) is 0.400. The van der Waals surface area contributed by atoms with Gasteiger partial charge >= 0.3 is 0 Å². The average molecular weight is 200 g/mol. The summed E-state index contributed by atoms with van der Waals surface area (Å²) in [4.78, 5) is 0. The summed E-state index contributed by atoms with van der Waals surface area (Å²) in [5, 5.41) is 10.6. The second kappa shape index (κ2) is 3.66. The number of aliphatic hydroxyl groups is 1. The monoisotopic (exact) mass is 199 g/mol. The third-order valence-electron chi connectivity index (χ3n) is 2.32. The Morgan fingerprint density at radius 1 is 1.38 bits per heavy atom. The Hall–Kier alpha value is -0.570. The van der Waals surface area contributed by atoms with Gasteiger partial charge in [-0.1, -0.05) is 23.7 Å². The largest absolute Gasteiger partial charge is 0.384 e. The van der Waals surface area contributed by atoms with Crippen LogP contribution in [0.5, 0.6) is 0 Å². The number of hydrogen-bond donors (Lipinski definition) is 2. The molecule has 2 nitrogen and oxygen atoms in total. The molecule has 13 heavy (non-hydrogen) atoms. The van der Waals surface area contributed by atoms with Gasteiger partial charge in [-0.25, -0.2) is 0 Å². The molecule has 0 fully saturated rings. The van der Waals surface area contributed by atoms with E-state index >= 15 is 0 Å². The zero-order chi connectivity index (χ0) is 10.1. The van der Waals surface area contributed by atoms with Crippen LogP contribution in [0.1, 0.15) is 19.4 Å². The predicted molar refractivity (Wildman–Crippen MR) is 54.7 cm³/mol. The van der Waals surface area contributed by atoms with E-state index in [1.807, 2.05) is 0 Å². The second-order valence-corrected chi connectivity index (χ2v) is 3.88. The van der Waals surface area contributed by atoms with Crippen molar-refractivity contribution in [1.29, 1.82) is 0 Å². The fourth-order valence-electron chi connectivity index (χ4n) is 1.05. The lowest BCUT2D eigenvalue weighted by Crippen LogP contribution is -2.40. The molecular formula is C10H14ClNO. The summed E-state index contributed by atoms with van der Waals surface area (Å²) in [5.74, 6) is 0. The van der Waals surface area contributed by atoms with Crippen molar-refractivity contribution in [3.63, 3.8) is 0 Å². The Balaban J connectivity index is 3.01. The summed E-state index contributed by atoms with van der Waals surface area (Å²) in [7, 11) is 0. The molecule has 0 amide bonds. The summed E-state index contributed by atoms with van der Waals surface area (Å²) in [6, 6.07) is 6.74. The van der Waals surface area contributed by atoms with E-state index < -0.39 is 5.60 Å². The van der Waals surface area contributed by atoms with Gasteiger partial charge < -0.3 is 10.8 Å². The summed E-state index contributed by atoms with van der Waals surface area (Å²) < 4.78 is 0. The van der Waals surface area contributed by atoms with Crippen LogP contribution in [-0.2, 0) is 5.60 Å². The van der Waals surface area contributed by atoms with Crippen LogP contribution in [0.3, 0.4) is 0 Å². The lowest BCUT2D eigenvalue weighted by Gasteiger charge is -2.27. The van der Waals surface area contributed by atoms with Crippen LogP contribution in [0.2, 0.25) is 5.02 Å². The van der Waals surface area contributed by atoms with E-state index in [9.17, 15) is 5.11 Å². The summed E-state index contributed by atoms with van der Waals surface area (Å²) in [6.45, 7) is 3.47. The standard InChI is InChI=1S/C10H14ClNO/c1-7(12)10(2,13)8-3-5-9(11)6-4-8/h3-7,13H,12H2,1-2H3. The van der Waals surface area contributed by atoms with Crippen molar-refractivity contribution in [2.24, 2.45) is 5.73 Å². The van der Waals surface area contributed by atoms with Gasteiger partial charge in [0.05, 0.1) is 0 Å². The molecule has 0 heterocycles. The third-order valence-corrected chi connectivity index (χ3v) is 2.57. The van der Waals surface area contributed by atoms with E-state index in [0.717, 1.165) is 5.56 Å². The van der Waals surface area contributed by atoms with Gasteiger partial charge in [0, 0.05) is 11.1 Å². The molecule has 0 aliphatic carbocycles. The molecule has 72 valence electrons. The minimum absolute atomic E-state index is 0.311. The number of halogens is 1. The summed E-state index contributed by atoms with van der Waals surface area (Å²) in [5.41, 5.74) is 5.45. The van der Waals surface area contributed by atoms with Crippen LogP contribution in [-0.4, -0.2) is 11.1 Å². The molecule has 3 heteroatoms. The SMILES string of the molecule is CC(N)C(C)(O)c1ccc(Cl)cc1. The van der Waals surface area contributed by atoms with E-state index in [2.05, 4.69) is 0 Å². The Labute approximate surface area is 83.3 Å². The van der Waals surface area contributed by atoms with Gasteiger partial charge in [0.15, 0.2) is 0 Å². The molecule has 0 saturated carbocycles. The highest BCUT2D eigenvalue weighted by molar-refractivity contribution is 6.30. The molecule has 0 radical (unpaired) electrons. The maximum absolute atomic E-state index is 9.99. The third kappa shape index (κ3) is 2.21. The molecule has 2 atom stereocenters. The minimum Gasteiger partial charge on any atom is -0.384 e. The van der Waals surface area contributed by atoms with Crippen molar-refractivity contribution in [3.8, 4) is 0 Å². The molecule has 3 N–H and O–H groups in total. The topological polar surface area (TPSA) is 46.2 Å². The Morgan fingerprint density at radius 2 is 1.85 bits per heavy atom. The van der Waals surface area contributed by atoms with Crippen LogP contribution in [0, 0.1) is 0 Å². The van der Waals surface area contributed by atoms with Crippen molar-refractivity contribution in [2.45, 2.75) is 25.5 Å². The first-order chi connectivity index (χ1) is 5.94. The zero-order valence-corrected chi connectivity index (χ0v) is 8.55. The van der Waals surface area contributed by atoms with E-state index in [-0.39, 0.29) is 6.04 Å². The van der Waals surface area contributed by atoms with Crippen molar-refractivity contribution >= 4 is 11.6 Å². The molecule has 1 aromatic carbocycles. The molecule has 0 aliphatic rings. The number of benzene rings is 1. The highest BCUT2D eigenvalue weighted by Gasteiger charge is 2.27. The lowest BCUT2D eigenvalue weighted by atomic mass is 9.90. The van der Waals surface area contributed by atoms with Crippen molar-refractivity contribution < 1.29 is 5.11 Å². The Morgan fingerprint density at radius 3 is 2.23 bits per heavy atom. The molecular weight excluding hydrogens is 186 g/mol. The van der Waals surface area contributed by atoms with Crippen LogP contribution < -0.4 is 5.73 Å². The average Bonchev–Trinajstić information content (AvgIpc) is 2.04. The summed E-state index contributed by atoms with van der Waals surface area (Å²) >= 11 is 5.73. The van der Waals surface area contributed by atoms with Crippen molar-refractivity contribution in [1.82, 2.24) is 0 Å². The van der Waals surface area contributed by atoms with Crippen LogP contribution in [0.15, 0.2) is 24.3 Å². The first-order valence-corrected chi connectivity index (χ1v) is 4.56. The molecule has 2 unspecified atom stereocenters. The smallest absolute Gasteiger partial charge is 0.102 e. The van der Waals surface area contributed by atoms with Crippen molar-refractivity contribution in [3.05, 3.63) is 34.9 Å². The fourth-order valence-corrected chi connectivity index (χ4v) is 1.18. The lowest BCUT2D eigenvalue weighted by molar-refractivity contribution is 0.0349. The van der Waals surface area contributed by atoms with Gasteiger partial charge in [0.25, 0.3) is 0 Å². The molecule has 0 aromatic heterocycles. The molecule has 0 bridgehead atoms. The molecule has 1 aromatic rings. The normalized spacial score (nSPS) is 17.9. The second-order valence-electron chi connectivity index (χ2n) is 3.44. The van der Waals surface area contributed by atoms with E-state index in [0.29, 0.717) is 5.02 Å². The Bertz CT molecular complexity index is 279. The van der Waals surface area contributed by atoms with Gasteiger partial charge in [0.1, 0.15) is 5.60 Å². The maximum Gasteiger partial charge on any atom is 0.102 e. The molecule has 0 saturated heterocycles. The maximum atomic E-state index is 9.99. The quantitative estimate of drug-likeness (QED) is 0.764. The Kier molecular flexibility index (Phi) is 2.96. The molecule has 0 spiro atoms. The van der Waals surface area contributed by atoms with Gasteiger partial charge in [0.2, 0.25) is 0 Å². The minimum atomic E-state index is -0.995. The van der Waals surface area contributed by atoms with Gasteiger partial charge in [-0.3, -0.25) is 0 Å². The number of rotatable bonds is 2. The van der Waals surface area contributed by atoms with Crippen LogP contribution in [0.25, 0.3) is 0 Å². The van der Waals surface area contributed by atoms with E-state index in [1.54, 1.807) is 38.1 Å². The number of hydrogen-bond acceptors (Lipinski definition) is 2. The van der Waals surface area contributed by atoms with Crippen molar-refractivity contribution in [2.75, 3.05) is 0 Å². The van der Waals surface area contributed by atoms with E-state index in [4.69, 9.17) is 17.3 Å². The van der Waals surface area contributed by atoms with Gasteiger partial charge in [-0.05, 0) is 31.5 Å². The highest BCUT2D eigenvalue weighted by Crippen LogP contribution is 2.24. The zero-order valence-electron chi connectivity index (χ0n) is 7.79. The molecule has 1 rings (SSSR count). The first-order valence-electron chi connectivity index (χ1n) is 4.18. The van der Waals surface area contributed by atoms with Gasteiger partial charge in [-0.15, -0.1) is 0 Å².